The van der Waals surface area contributed by atoms with Crippen LogP contribution in [0.1, 0.15) is 30.0 Å². The van der Waals surface area contributed by atoms with Crippen LogP contribution in [0.15, 0.2) is 42.5 Å². The van der Waals surface area contributed by atoms with Crippen molar-refractivity contribution in [2.75, 3.05) is 0 Å². The van der Waals surface area contributed by atoms with Crippen LogP contribution in [0.25, 0.3) is 11.0 Å². The van der Waals surface area contributed by atoms with Crippen LogP contribution in [-0.4, -0.2) is 9.97 Å². The first-order valence-corrected chi connectivity index (χ1v) is 6.82. The van der Waals surface area contributed by atoms with Crippen molar-refractivity contribution in [3.8, 4) is 5.75 Å². The maximum Gasteiger partial charge on any atom is 0.153 e. The van der Waals surface area contributed by atoms with Gasteiger partial charge in [-0.2, -0.15) is 0 Å². The number of nitrogens with zero attached hydrogens (tertiary/aromatic N) is 1. The van der Waals surface area contributed by atoms with Crippen LogP contribution < -0.4 is 4.74 Å². The number of ether oxygens (including phenoxy) is 1. The van der Waals surface area contributed by atoms with Crippen molar-refractivity contribution in [2.24, 2.45) is 0 Å². The number of aromatic nitrogens is 2. The van der Waals surface area contributed by atoms with Gasteiger partial charge in [0.25, 0.3) is 0 Å². The highest BCUT2D eigenvalue weighted by Gasteiger charge is 2.13. The molecule has 0 saturated carbocycles. The van der Waals surface area contributed by atoms with E-state index < -0.39 is 0 Å². The third kappa shape index (κ3) is 2.39. The number of hydrogen-bond acceptors (Lipinski definition) is 2. The van der Waals surface area contributed by atoms with E-state index in [2.05, 4.69) is 29.0 Å². The molecule has 0 bridgehead atoms. The van der Waals surface area contributed by atoms with Crippen LogP contribution in [0.3, 0.4) is 0 Å². The molecule has 3 heteroatoms. The summed E-state index contributed by atoms with van der Waals surface area (Å²) in [7, 11) is 0. The van der Waals surface area contributed by atoms with E-state index in [1.165, 1.54) is 5.56 Å². The second-order valence-corrected chi connectivity index (χ2v) is 5.17. The second kappa shape index (κ2) is 5.00. The lowest BCUT2D eigenvalue weighted by atomic mass is 10.2. The molecule has 3 rings (SSSR count). The summed E-state index contributed by atoms with van der Waals surface area (Å²) in [6.07, 6.45) is -0.108. The molecule has 0 aliphatic heterocycles. The molecule has 1 N–H and O–H groups in total. The van der Waals surface area contributed by atoms with Crippen LogP contribution in [0.2, 0.25) is 0 Å². The van der Waals surface area contributed by atoms with E-state index in [1.54, 1.807) is 0 Å². The molecule has 2 aromatic carbocycles. The molecule has 1 unspecified atom stereocenters. The highest BCUT2D eigenvalue weighted by atomic mass is 16.5. The number of hydrogen-bond donors (Lipinski definition) is 1. The lowest BCUT2D eigenvalue weighted by Gasteiger charge is -2.14. The summed E-state index contributed by atoms with van der Waals surface area (Å²) < 4.78 is 6.00. The first kappa shape index (κ1) is 12.7. The molecule has 0 radical (unpaired) electrons. The fraction of sp³-hybridized carbons (Fsp3) is 0.235. The number of rotatable bonds is 3. The SMILES string of the molecule is Cc1ccc2nc(C(C)Oc3ccccc3C)[nH]c2c1. The number of aromatic amines is 1. The van der Waals surface area contributed by atoms with Crippen molar-refractivity contribution in [2.45, 2.75) is 26.9 Å². The maximum absolute atomic E-state index is 6.00. The van der Waals surface area contributed by atoms with Gasteiger partial charge in [0.15, 0.2) is 6.10 Å². The van der Waals surface area contributed by atoms with Gasteiger partial charge in [-0.25, -0.2) is 4.98 Å². The van der Waals surface area contributed by atoms with Gasteiger partial charge in [-0.3, -0.25) is 0 Å². The van der Waals surface area contributed by atoms with Gasteiger partial charge in [0.05, 0.1) is 11.0 Å². The Kier molecular flexibility index (Phi) is 3.18. The molecule has 0 amide bonds. The van der Waals surface area contributed by atoms with E-state index in [0.29, 0.717) is 0 Å². The monoisotopic (exact) mass is 266 g/mol. The van der Waals surface area contributed by atoms with Gasteiger partial charge >= 0.3 is 0 Å². The molecule has 0 fully saturated rings. The highest BCUT2D eigenvalue weighted by Crippen LogP contribution is 2.24. The fourth-order valence-corrected chi connectivity index (χ4v) is 2.27. The van der Waals surface area contributed by atoms with E-state index in [0.717, 1.165) is 28.2 Å². The van der Waals surface area contributed by atoms with Crippen molar-refractivity contribution in [3.05, 3.63) is 59.4 Å². The Morgan fingerprint density at radius 3 is 2.70 bits per heavy atom. The number of fused-ring (bicyclic) bond motifs is 1. The number of para-hydroxylation sites is 1. The number of nitrogens with one attached hydrogen (secondary N) is 1. The Morgan fingerprint density at radius 2 is 1.90 bits per heavy atom. The number of aryl methyl sites for hydroxylation is 2. The first-order valence-electron chi connectivity index (χ1n) is 6.82. The minimum atomic E-state index is -0.108. The summed E-state index contributed by atoms with van der Waals surface area (Å²) in [6.45, 7) is 6.13. The maximum atomic E-state index is 6.00. The Labute approximate surface area is 118 Å². The number of imidazole rings is 1. The Balaban J connectivity index is 1.89. The highest BCUT2D eigenvalue weighted by molar-refractivity contribution is 5.75. The fourth-order valence-electron chi connectivity index (χ4n) is 2.27. The zero-order chi connectivity index (χ0) is 14.1. The zero-order valence-electron chi connectivity index (χ0n) is 12.0. The molecule has 1 aromatic heterocycles. The molecule has 0 saturated heterocycles. The molecule has 3 aromatic rings. The largest absolute Gasteiger partial charge is 0.483 e. The third-order valence-electron chi connectivity index (χ3n) is 3.44. The van der Waals surface area contributed by atoms with E-state index in [1.807, 2.05) is 44.2 Å². The van der Waals surface area contributed by atoms with Crippen molar-refractivity contribution >= 4 is 11.0 Å². The van der Waals surface area contributed by atoms with Gasteiger partial charge < -0.3 is 9.72 Å². The predicted octanol–water partition coefficient (Wildman–Crippen LogP) is 4.32. The third-order valence-corrected chi connectivity index (χ3v) is 3.44. The standard InChI is InChI=1S/C17H18N2O/c1-11-8-9-14-15(10-11)19-17(18-14)13(3)20-16-7-5-4-6-12(16)2/h4-10,13H,1-3H3,(H,18,19). The minimum absolute atomic E-state index is 0.108. The average molecular weight is 266 g/mol. The average Bonchev–Trinajstić information content (AvgIpc) is 2.84. The molecule has 1 heterocycles. The molecule has 0 spiro atoms. The molecule has 102 valence electrons. The summed E-state index contributed by atoms with van der Waals surface area (Å²) in [5.74, 6) is 1.76. The Morgan fingerprint density at radius 1 is 1.10 bits per heavy atom. The smallest absolute Gasteiger partial charge is 0.153 e. The summed E-state index contributed by atoms with van der Waals surface area (Å²) in [5.41, 5.74) is 4.39. The van der Waals surface area contributed by atoms with Crippen LogP contribution >= 0.6 is 0 Å². The van der Waals surface area contributed by atoms with Gasteiger partial charge in [-0.1, -0.05) is 24.3 Å². The Hall–Kier alpha value is -2.29. The van der Waals surface area contributed by atoms with E-state index in [9.17, 15) is 0 Å². The van der Waals surface area contributed by atoms with Crippen LogP contribution in [0.5, 0.6) is 5.75 Å². The second-order valence-electron chi connectivity index (χ2n) is 5.17. The van der Waals surface area contributed by atoms with Gasteiger partial charge in [-0.15, -0.1) is 0 Å². The molecular weight excluding hydrogens is 248 g/mol. The van der Waals surface area contributed by atoms with E-state index in [-0.39, 0.29) is 6.10 Å². The lowest BCUT2D eigenvalue weighted by Crippen LogP contribution is -2.05. The number of H-pyrrole nitrogens is 1. The summed E-state index contributed by atoms with van der Waals surface area (Å²) >= 11 is 0. The van der Waals surface area contributed by atoms with E-state index in [4.69, 9.17) is 4.74 Å². The van der Waals surface area contributed by atoms with Crippen LogP contribution in [0, 0.1) is 13.8 Å². The molecule has 1 atom stereocenters. The normalized spacial score (nSPS) is 12.6. The van der Waals surface area contributed by atoms with Crippen molar-refractivity contribution in [1.29, 1.82) is 0 Å². The molecule has 0 aliphatic rings. The lowest BCUT2D eigenvalue weighted by molar-refractivity contribution is 0.216. The zero-order valence-corrected chi connectivity index (χ0v) is 12.0. The van der Waals surface area contributed by atoms with E-state index >= 15 is 0 Å². The quantitative estimate of drug-likeness (QED) is 0.766. The molecule has 0 aliphatic carbocycles. The molecule has 20 heavy (non-hydrogen) atoms. The van der Waals surface area contributed by atoms with Gasteiger partial charge in [0.2, 0.25) is 0 Å². The van der Waals surface area contributed by atoms with Crippen molar-refractivity contribution in [1.82, 2.24) is 9.97 Å². The predicted molar refractivity (Wildman–Crippen MR) is 81.1 cm³/mol. The topological polar surface area (TPSA) is 37.9 Å². The van der Waals surface area contributed by atoms with Gasteiger partial charge in [-0.05, 0) is 50.1 Å². The summed E-state index contributed by atoms with van der Waals surface area (Å²) in [6, 6.07) is 14.2. The molecular formula is C17H18N2O. The summed E-state index contributed by atoms with van der Waals surface area (Å²) in [5, 5.41) is 0. The van der Waals surface area contributed by atoms with Gasteiger partial charge in [0, 0.05) is 0 Å². The Bertz CT molecular complexity index is 746. The van der Waals surface area contributed by atoms with Crippen molar-refractivity contribution in [3.63, 3.8) is 0 Å². The number of benzene rings is 2. The van der Waals surface area contributed by atoms with Crippen LogP contribution in [0.4, 0.5) is 0 Å². The first-order chi connectivity index (χ1) is 9.63. The molecule has 3 nitrogen and oxygen atoms in total. The van der Waals surface area contributed by atoms with Gasteiger partial charge in [0.1, 0.15) is 11.6 Å². The minimum Gasteiger partial charge on any atom is -0.483 e. The van der Waals surface area contributed by atoms with Crippen LogP contribution in [-0.2, 0) is 0 Å². The summed E-state index contributed by atoms with van der Waals surface area (Å²) in [4.78, 5) is 7.94. The van der Waals surface area contributed by atoms with Crippen molar-refractivity contribution < 1.29 is 4.74 Å².